The third-order valence-electron chi connectivity index (χ3n) is 3.00. The van der Waals surface area contributed by atoms with Crippen molar-refractivity contribution < 1.29 is 14.7 Å². The first kappa shape index (κ1) is 15.4. The third kappa shape index (κ3) is 4.22. The summed E-state index contributed by atoms with van der Waals surface area (Å²) < 4.78 is 1.82. The Morgan fingerprint density at radius 3 is 2.95 bits per heavy atom. The summed E-state index contributed by atoms with van der Waals surface area (Å²) in [6.07, 6.45) is 6.00. The second-order valence-corrected chi connectivity index (χ2v) is 5.60. The van der Waals surface area contributed by atoms with Crippen molar-refractivity contribution in [2.45, 2.75) is 18.9 Å². The zero-order chi connectivity index (χ0) is 15.2. The van der Waals surface area contributed by atoms with E-state index in [4.69, 9.17) is 5.11 Å². The minimum Gasteiger partial charge on any atom is -0.480 e. The molecule has 2 aromatic rings. The van der Waals surface area contributed by atoms with Crippen molar-refractivity contribution in [1.82, 2.24) is 14.7 Å². The molecule has 0 aliphatic rings. The lowest BCUT2D eigenvalue weighted by Gasteiger charge is -2.13. The minimum atomic E-state index is -1.01. The first-order chi connectivity index (χ1) is 10.1. The first-order valence-electron chi connectivity index (χ1n) is 6.54. The van der Waals surface area contributed by atoms with Crippen LogP contribution in [0, 0.1) is 0 Å². The van der Waals surface area contributed by atoms with Crippen molar-refractivity contribution >= 4 is 29.3 Å². The lowest BCUT2D eigenvalue weighted by molar-refractivity contribution is -0.141. The van der Waals surface area contributed by atoms with Gasteiger partial charge in [-0.1, -0.05) is 6.07 Å². The Bertz CT molecular complexity index is 608. The summed E-state index contributed by atoms with van der Waals surface area (Å²) in [7, 11) is 0. The van der Waals surface area contributed by atoms with E-state index in [-0.39, 0.29) is 12.3 Å². The number of thioether (sulfide) groups is 1. The van der Waals surface area contributed by atoms with E-state index in [1.165, 1.54) is 0 Å². The molecule has 6 nitrogen and oxygen atoms in total. The lowest BCUT2D eigenvalue weighted by atomic mass is 10.2. The quantitative estimate of drug-likeness (QED) is 0.803. The predicted octanol–water partition coefficient (Wildman–Crippen LogP) is 1.20. The van der Waals surface area contributed by atoms with Crippen molar-refractivity contribution in [3.63, 3.8) is 0 Å². The summed E-state index contributed by atoms with van der Waals surface area (Å²) in [5.41, 5.74) is 1.38. The predicted molar refractivity (Wildman–Crippen MR) is 81.5 cm³/mol. The topological polar surface area (TPSA) is 83.7 Å². The maximum atomic E-state index is 11.9. The number of rotatable bonds is 7. The number of fused-ring (bicyclic) bond motifs is 1. The van der Waals surface area contributed by atoms with Crippen LogP contribution in [0.1, 0.15) is 12.1 Å². The monoisotopic (exact) mass is 307 g/mol. The van der Waals surface area contributed by atoms with E-state index in [0.29, 0.717) is 17.9 Å². The number of amides is 1. The van der Waals surface area contributed by atoms with E-state index >= 15 is 0 Å². The molecule has 0 aliphatic carbocycles. The fraction of sp³-hybridized carbons (Fsp3) is 0.357. The first-order valence-corrected chi connectivity index (χ1v) is 7.93. The summed E-state index contributed by atoms with van der Waals surface area (Å²) in [5, 5.41) is 11.6. The molecule has 112 valence electrons. The summed E-state index contributed by atoms with van der Waals surface area (Å²) in [4.78, 5) is 27.3. The fourth-order valence-electron chi connectivity index (χ4n) is 1.98. The maximum Gasteiger partial charge on any atom is 0.326 e. The molecule has 1 atom stereocenters. The van der Waals surface area contributed by atoms with Gasteiger partial charge in [-0.15, -0.1) is 0 Å². The van der Waals surface area contributed by atoms with Gasteiger partial charge in [0.05, 0.1) is 12.1 Å². The Labute approximate surface area is 126 Å². The van der Waals surface area contributed by atoms with Gasteiger partial charge < -0.3 is 14.8 Å². The Hall–Kier alpha value is -2.02. The lowest BCUT2D eigenvalue weighted by Crippen LogP contribution is -2.41. The van der Waals surface area contributed by atoms with Gasteiger partial charge in [-0.25, -0.2) is 9.78 Å². The summed E-state index contributed by atoms with van der Waals surface area (Å²) in [6.45, 7) is 0. The number of carbonyl (C=O) groups excluding carboxylic acids is 1. The van der Waals surface area contributed by atoms with Gasteiger partial charge in [0.15, 0.2) is 0 Å². The Balaban J connectivity index is 1.98. The molecule has 0 aromatic carbocycles. The highest BCUT2D eigenvalue weighted by Gasteiger charge is 2.19. The van der Waals surface area contributed by atoms with Crippen LogP contribution in [0.25, 0.3) is 5.65 Å². The number of aromatic nitrogens is 2. The number of nitrogens with one attached hydrogen (secondary N) is 1. The molecule has 2 N–H and O–H groups in total. The average Bonchev–Trinajstić information content (AvgIpc) is 2.85. The number of hydrogen-bond donors (Lipinski definition) is 2. The van der Waals surface area contributed by atoms with Crippen molar-refractivity contribution in [2.75, 3.05) is 12.0 Å². The molecule has 0 radical (unpaired) electrons. The van der Waals surface area contributed by atoms with Crippen LogP contribution in [0.15, 0.2) is 30.6 Å². The third-order valence-corrected chi connectivity index (χ3v) is 3.64. The van der Waals surface area contributed by atoms with Crippen LogP contribution in [-0.2, 0) is 16.0 Å². The molecule has 0 unspecified atom stereocenters. The number of nitrogens with zero attached hydrogens (tertiary/aromatic N) is 2. The molecule has 0 saturated heterocycles. The molecule has 7 heteroatoms. The second kappa shape index (κ2) is 7.12. The Morgan fingerprint density at radius 2 is 2.29 bits per heavy atom. The van der Waals surface area contributed by atoms with Crippen LogP contribution in [0.2, 0.25) is 0 Å². The van der Waals surface area contributed by atoms with Gasteiger partial charge in [0.2, 0.25) is 5.91 Å². The molecule has 2 heterocycles. The Morgan fingerprint density at radius 1 is 1.48 bits per heavy atom. The molecule has 0 fully saturated rings. The van der Waals surface area contributed by atoms with Gasteiger partial charge in [0.25, 0.3) is 0 Å². The van der Waals surface area contributed by atoms with Crippen LogP contribution >= 0.6 is 11.8 Å². The standard InChI is InChI=1S/C14H17N3O3S/c1-21-7-5-11(14(19)20)16-13(18)8-10-9-17-6-3-2-4-12(17)15-10/h2-4,6,9,11H,5,7-8H2,1H3,(H,16,18)(H,19,20)/t11-/m1/s1. The zero-order valence-corrected chi connectivity index (χ0v) is 12.5. The van der Waals surface area contributed by atoms with Crippen molar-refractivity contribution in [1.29, 1.82) is 0 Å². The van der Waals surface area contributed by atoms with Crippen LogP contribution in [0.3, 0.4) is 0 Å². The van der Waals surface area contributed by atoms with Crippen molar-refractivity contribution in [3.8, 4) is 0 Å². The molecule has 21 heavy (non-hydrogen) atoms. The highest BCUT2D eigenvalue weighted by Crippen LogP contribution is 2.06. The van der Waals surface area contributed by atoms with Gasteiger partial charge in [0.1, 0.15) is 11.7 Å². The van der Waals surface area contributed by atoms with Gasteiger partial charge in [-0.05, 0) is 30.6 Å². The highest BCUT2D eigenvalue weighted by molar-refractivity contribution is 7.98. The van der Waals surface area contributed by atoms with E-state index in [9.17, 15) is 9.59 Å². The van der Waals surface area contributed by atoms with Gasteiger partial charge in [-0.2, -0.15) is 11.8 Å². The molecule has 1 amide bonds. The second-order valence-electron chi connectivity index (χ2n) is 4.61. The molecule has 0 spiro atoms. The summed E-state index contributed by atoms with van der Waals surface area (Å²) >= 11 is 1.55. The fourth-order valence-corrected chi connectivity index (χ4v) is 2.45. The van der Waals surface area contributed by atoms with Crippen LogP contribution in [0.4, 0.5) is 0 Å². The maximum absolute atomic E-state index is 11.9. The van der Waals surface area contributed by atoms with Crippen LogP contribution < -0.4 is 5.32 Å². The molecule has 0 bridgehead atoms. The number of hydrogen-bond acceptors (Lipinski definition) is 4. The normalized spacial score (nSPS) is 12.2. The number of carboxylic acid groups (broad SMARTS) is 1. The van der Waals surface area contributed by atoms with E-state index in [2.05, 4.69) is 10.3 Å². The van der Waals surface area contributed by atoms with Crippen LogP contribution in [-0.4, -0.2) is 44.4 Å². The van der Waals surface area contributed by atoms with E-state index in [1.54, 1.807) is 18.0 Å². The smallest absolute Gasteiger partial charge is 0.326 e. The van der Waals surface area contributed by atoms with E-state index in [0.717, 1.165) is 5.65 Å². The minimum absolute atomic E-state index is 0.0741. The van der Waals surface area contributed by atoms with Crippen molar-refractivity contribution in [2.24, 2.45) is 0 Å². The van der Waals surface area contributed by atoms with E-state index in [1.807, 2.05) is 35.1 Å². The number of carboxylic acids is 1. The van der Waals surface area contributed by atoms with Gasteiger partial charge in [-0.3, -0.25) is 4.79 Å². The number of imidazole rings is 1. The van der Waals surface area contributed by atoms with Gasteiger partial charge >= 0.3 is 5.97 Å². The molecular formula is C14H17N3O3S. The SMILES string of the molecule is CSCC[C@@H](NC(=O)Cc1cn2ccccc2n1)C(=O)O. The summed E-state index contributed by atoms with van der Waals surface area (Å²) in [6, 6.07) is 4.75. The van der Waals surface area contributed by atoms with E-state index < -0.39 is 12.0 Å². The molecular weight excluding hydrogens is 290 g/mol. The van der Waals surface area contributed by atoms with Crippen LogP contribution in [0.5, 0.6) is 0 Å². The average molecular weight is 307 g/mol. The Kier molecular flexibility index (Phi) is 5.21. The number of carbonyl (C=O) groups is 2. The molecule has 0 aliphatic heterocycles. The highest BCUT2D eigenvalue weighted by atomic mass is 32.2. The molecule has 0 saturated carbocycles. The summed E-state index contributed by atoms with van der Waals surface area (Å²) in [5.74, 6) is -0.648. The van der Waals surface area contributed by atoms with Gasteiger partial charge in [0, 0.05) is 12.4 Å². The largest absolute Gasteiger partial charge is 0.480 e. The molecule has 2 aromatic heterocycles. The zero-order valence-electron chi connectivity index (χ0n) is 11.7. The number of pyridine rings is 1. The number of aliphatic carboxylic acids is 1. The molecule has 2 rings (SSSR count). The van der Waals surface area contributed by atoms with Crippen molar-refractivity contribution in [3.05, 3.63) is 36.3 Å².